The molecule has 1 aromatic rings. The van der Waals surface area contributed by atoms with Crippen molar-refractivity contribution in [3.8, 4) is 0 Å². The van der Waals surface area contributed by atoms with E-state index in [4.69, 9.17) is 0 Å². The minimum Gasteiger partial charge on any atom is -0.265 e. The van der Waals surface area contributed by atoms with Crippen molar-refractivity contribution in [3.63, 3.8) is 0 Å². The number of pyridine rings is 1. The molecule has 2 rings (SSSR count). The predicted octanol–water partition coefficient (Wildman–Crippen LogP) is 2.63. The van der Waals surface area contributed by atoms with Crippen LogP contribution >= 0.6 is 0 Å². The van der Waals surface area contributed by atoms with Crippen LogP contribution in [0.4, 0.5) is 0 Å². The summed E-state index contributed by atoms with van der Waals surface area (Å²) in [6.07, 6.45) is 13.3. The lowest BCUT2D eigenvalue weighted by Gasteiger charge is -2.07. The summed E-state index contributed by atoms with van der Waals surface area (Å²) in [6, 6.07) is 4.06. The Hall–Kier alpha value is -1.37. The summed E-state index contributed by atoms with van der Waals surface area (Å²) in [4.78, 5) is 3.98. The molecule has 0 unspecified atom stereocenters. The fourth-order valence-electron chi connectivity index (χ4n) is 1.27. The molecule has 1 radical (unpaired) electrons. The lowest BCUT2D eigenvalue weighted by Crippen LogP contribution is -1.88. The zero-order valence-corrected chi connectivity index (χ0v) is 6.77. The van der Waals surface area contributed by atoms with E-state index in [1.54, 1.807) is 0 Å². The van der Waals surface area contributed by atoms with Gasteiger partial charge in [0.05, 0.1) is 0 Å². The van der Waals surface area contributed by atoms with E-state index in [1.165, 1.54) is 11.1 Å². The lowest BCUT2D eigenvalue weighted by atomic mass is 9.99. The second kappa shape index (κ2) is 3.35. The Bertz CT molecular complexity index is 309. The topological polar surface area (TPSA) is 12.9 Å². The van der Waals surface area contributed by atoms with Gasteiger partial charge in [0.2, 0.25) is 0 Å². The molecule has 12 heavy (non-hydrogen) atoms. The van der Waals surface area contributed by atoms with Gasteiger partial charge in [-0.2, -0.15) is 0 Å². The number of hydrogen-bond acceptors (Lipinski definition) is 1. The maximum atomic E-state index is 3.98. The minimum absolute atomic E-state index is 1.04. The van der Waals surface area contributed by atoms with Gasteiger partial charge in [-0.15, -0.1) is 0 Å². The summed E-state index contributed by atoms with van der Waals surface area (Å²) in [5, 5.41) is 0. The molecule has 0 bridgehead atoms. The Balaban J connectivity index is 2.31. The number of aromatic nitrogens is 1. The molecule has 1 aromatic heterocycles. The highest BCUT2D eigenvalue weighted by atomic mass is 14.6. The van der Waals surface area contributed by atoms with E-state index in [0.29, 0.717) is 0 Å². The second-order valence-corrected chi connectivity index (χ2v) is 2.73. The monoisotopic (exact) mass is 156 g/mol. The molecule has 0 aliphatic heterocycles. The van der Waals surface area contributed by atoms with Crippen LogP contribution in [0.5, 0.6) is 0 Å². The number of rotatable bonds is 1. The smallest absolute Gasteiger partial charge is 0.0273 e. The first-order valence-electron chi connectivity index (χ1n) is 4.07. The van der Waals surface area contributed by atoms with Gasteiger partial charge in [-0.1, -0.05) is 18.2 Å². The van der Waals surface area contributed by atoms with Crippen LogP contribution in [-0.2, 0) is 0 Å². The number of allylic oxidation sites excluding steroid dienone is 4. The highest BCUT2D eigenvalue weighted by molar-refractivity contribution is 5.73. The molecule has 0 amide bonds. The van der Waals surface area contributed by atoms with Gasteiger partial charge in [0.15, 0.2) is 0 Å². The van der Waals surface area contributed by atoms with Crippen LogP contribution in [0, 0.1) is 6.42 Å². The Morgan fingerprint density at radius 2 is 2.00 bits per heavy atom. The van der Waals surface area contributed by atoms with Crippen molar-refractivity contribution in [1.29, 1.82) is 0 Å². The van der Waals surface area contributed by atoms with Gasteiger partial charge in [0.25, 0.3) is 0 Å². The lowest BCUT2D eigenvalue weighted by molar-refractivity contribution is 1.26. The van der Waals surface area contributed by atoms with E-state index in [-0.39, 0.29) is 0 Å². The molecule has 0 saturated heterocycles. The van der Waals surface area contributed by atoms with Gasteiger partial charge in [0.1, 0.15) is 0 Å². The third kappa shape index (κ3) is 1.45. The van der Waals surface area contributed by atoms with Crippen molar-refractivity contribution < 1.29 is 0 Å². The Kier molecular flexibility index (Phi) is 2.04. The van der Waals surface area contributed by atoms with Crippen LogP contribution < -0.4 is 0 Å². The minimum atomic E-state index is 1.04. The van der Waals surface area contributed by atoms with Gasteiger partial charge < -0.3 is 0 Å². The van der Waals surface area contributed by atoms with E-state index >= 15 is 0 Å². The zero-order valence-electron chi connectivity index (χ0n) is 6.77. The van der Waals surface area contributed by atoms with Gasteiger partial charge >= 0.3 is 0 Å². The average molecular weight is 156 g/mol. The second-order valence-electron chi connectivity index (χ2n) is 2.73. The molecule has 0 aromatic carbocycles. The van der Waals surface area contributed by atoms with Crippen molar-refractivity contribution in [3.05, 3.63) is 54.7 Å². The van der Waals surface area contributed by atoms with Gasteiger partial charge in [0, 0.05) is 12.4 Å². The molecule has 1 nitrogen and oxygen atoms in total. The van der Waals surface area contributed by atoms with Crippen molar-refractivity contribution in [2.45, 2.75) is 6.42 Å². The Labute approximate surface area is 72.5 Å². The molecule has 1 aliphatic rings. The van der Waals surface area contributed by atoms with Crippen LogP contribution in [0.2, 0.25) is 0 Å². The molecule has 59 valence electrons. The summed E-state index contributed by atoms with van der Waals surface area (Å²) in [5.74, 6) is 0. The maximum Gasteiger partial charge on any atom is 0.0273 e. The molecular formula is C11H10N. The van der Waals surface area contributed by atoms with E-state index in [1.807, 2.05) is 24.5 Å². The zero-order chi connectivity index (χ0) is 8.23. The van der Waals surface area contributed by atoms with Gasteiger partial charge in [-0.05, 0) is 36.1 Å². The summed E-state index contributed by atoms with van der Waals surface area (Å²) < 4.78 is 0. The summed E-state index contributed by atoms with van der Waals surface area (Å²) in [7, 11) is 0. The van der Waals surface area contributed by atoms with Crippen molar-refractivity contribution in [2.75, 3.05) is 0 Å². The fraction of sp³-hybridized carbons (Fsp3) is 0.0909. The first-order chi connectivity index (χ1) is 5.97. The van der Waals surface area contributed by atoms with E-state index in [2.05, 4.69) is 29.6 Å². The van der Waals surface area contributed by atoms with Crippen molar-refractivity contribution in [2.24, 2.45) is 0 Å². The quantitative estimate of drug-likeness (QED) is 0.609. The summed E-state index contributed by atoms with van der Waals surface area (Å²) in [6.45, 7) is 0. The summed E-state index contributed by atoms with van der Waals surface area (Å²) >= 11 is 0. The highest BCUT2D eigenvalue weighted by Crippen LogP contribution is 2.21. The van der Waals surface area contributed by atoms with Crippen molar-refractivity contribution >= 4 is 5.57 Å². The molecule has 0 fully saturated rings. The molecule has 1 heterocycles. The van der Waals surface area contributed by atoms with E-state index < -0.39 is 0 Å². The molecule has 0 saturated carbocycles. The van der Waals surface area contributed by atoms with Crippen LogP contribution in [-0.4, -0.2) is 4.98 Å². The van der Waals surface area contributed by atoms with Gasteiger partial charge in [-0.25, -0.2) is 0 Å². The highest BCUT2D eigenvalue weighted by Gasteiger charge is 2.01. The Morgan fingerprint density at radius 3 is 2.67 bits per heavy atom. The van der Waals surface area contributed by atoms with Crippen LogP contribution in [0.1, 0.15) is 12.0 Å². The predicted molar refractivity (Wildman–Crippen MR) is 50.3 cm³/mol. The number of hydrogen-bond donors (Lipinski definition) is 0. The third-order valence-corrected chi connectivity index (χ3v) is 1.90. The Morgan fingerprint density at radius 1 is 1.17 bits per heavy atom. The van der Waals surface area contributed by atoms with Crippen LogP contribution in [0.25, 0.3) is 5.57 Å². The summed E-state index contributed by atoms with van der Waals surface area (Å²) in [5.41, 5.74) is 2.54. The fourth-order valence-corrected chi connectivity index (χ4v) is 1.27. The maximum absolute atomic E-state index is 3.98. The van der Waals surface area contributed by atoms with E-state index in [9.17, 15) is 0 Å². The van der Waals surface area contributed by atoms with Gasteiger partial charge in [-0.3, -0.25) is 4.98 Å². The SMILES string of the molecule is [CH]1CC=CC=C1c1ccncc1. The molecule has 0 atom stereocenters. The molecule has 1 heteroatoms. The van der Waals surface area contributed by atoms with E-state index in [0.717, 1.165) is 6.42 Å². The molecule has 0 N–H and O–H groups in total. The standard InChI is InChI=1S/C11H10N/c1-2-4-10(5-3-1)11-6-8-12-9-7-11/h1-2,4-9H,3H2. The molecule has 1 aliphatic carbocycles. The molecular weight excluding hydrogens is 146 g/mol. The first kappa shape index (κ1) is 7.29. The first-order valence-corrected chi connectivity index (χ1v) is 4.07. The van der Waals surface area contributed by atoms with Crippen LogP contribution in [0.15, 0.2) is 42.8 Å². The van der Waals surface area contributed by atoms with Crippen LogP contribution in [0.3, 0.4) is 0 Å². The average Bonchev–Trinajstić information content (AvgIpc) is 2.21. The van der Waals surface area contributed by atoms with Crippen molar-refractivity contribution in [1.82, 2.24) is 4.98 Å². The largest absolute Gasteiger partial charge is 0.265 e. The molecule has 0 spiro atoms. The normalized spacial score (nSPS) is 15.8. The number of nitrogens with zero attached hydrogens (tertiary/aromatic N) is 1. The third-order valence-electron chi connectivity index (χ3n) is 1.90.